The third kappa shape index (κ3) is 1.44. The second-order valence-corrected chi connectivity index (χ2v) is 5.76. The van der Waals surface area contributed by atoms with Crippen LogP contribution in [0.25, 0.3) is 11.0 Å². The van der Waals surface area contributed by atoms with Crippen LogP contribution in [-0.4, -0.2) is 20.7 Å². The molecule has 15 heavy (non-hydrogen) atoms. The molecule has 3 heterocycles. The van der Waals surface area contributed by atoms with Crippen LogP contribution in [0.3, 0.4) is 0 Å². The second-order valence-electron chi connectivity index (χ2n) is 4.16. The minimum atomic E-state index is 0.180. The van der Waals surface area contributed by atoms with Crippen LogP contribution in [0.4, 0.5) is 0 Å². The fourth-order valence-corrected chi connectivity index (χ4v) is 3.33. The highest BCUT2D eigenvalue weighted by atomic mass is 32.2. The van der Waals surface area contributed by atoms with E-state index in [1.165, 1.54) is 18.6 Å². The van der Waals surface area contributed by atoms with Crippen LogP contribution in [0, 0.1) is 0 Å². The van der Waals surface area contributed by atoms with Crippen molar-refractivity contribution >= 4 is 22.8 Å². The Hall–Kier alpha value is -1.03. The van der Waals surface area contributed by atoms with Gasteiger partial charge in [-0.05, 0) is 31.6 Å². The predicted octanol–water partition coefficient (Wildman–Crippen LogP) is 2.70. The molecule has 3 rings (SSSR count). The van der Waals surface area contributed by atoms with E-state index in [-0.39, 0.29) is 4.75 Å². The molecule has 0 radical (unpaired) electrons. The zero-order valence-corrected chi connectivity index (χ0v) is 9.47. The fraction of sp³-hybridized carbons (Fsp3) is 0.455. The van der Waals surface area contributed by atoms with Crippen molar-refractivity contribution in [2.24, 2.45) is 0 Å². The highest BCUT2D eigenvalue weighted by Crippen LogP contribution is 2.45. The molecule has 3 nitrogen and oxygen atoms in total. The Morgan fingerprint density at radius 2 is 2.47 bits per heavy atom. The smallest absolute Gasteiger partial charge is 0.123 e. The van der Waals surface area contributed by atoms with Gasteiger partial charge in [-0.15, -0.1) is 11.8 Å². The van der Waals surface area contributed by atoms with Crippen LogP contribution >= 0.6 is 11.8 Å². The number of nitrogens with zero attached hydrogens (tertiary/aromatic N) is 2. The van der Waals surface area contributed by atoms with Crippen molar-refractivity contribution < 1.29 is 0 Å². The first-order valence-electron chi connectivity index (χ1n) is 5.22. The minimum Gasteiger partial charge on any atom is -0.340 e. The SMILES string of the molecule is CC1(c2nc3ccncc3[nH]2)CCCS1. The largest absolute Gasteiger partial charge is 0.340 e. The Morgan fingerprint density at radius 3 is 3.20 bits per heavy atom. The summed E-state index contributed by atoms with van der Waals surface area (Å²) in [7, 11) is 0. The fourth-order valence-electron chi connectivity index (χ4n) is 2.07. The number of nitrogens with one attached hydrogen (secondary N) is 1. The van der Waals surface area contributed by atoms with Crippen molar-refractivity contribution in [3.63, 3.8) is 0 Å². The molecule has 0 amide bonds. The number of rotatable bonds is 1. The topological polar surface area (TPSA) is 41.6 Å². The number of aromatic amines is 1. The van der Waals surface area contributed by atoms with Crippen LogP contribution in [0.5, 0.6) is 0 Å². The molecule has 1 saturated heterocycles. The third-order valence-corrected chi connectivity index (χ3v) is 4.53. The molecule has 4 heteroatoms. The zero-order valence-electron chi connectivity index (χ0n) is 8.66. The summed E-state index contributed by atoms with van der Waals surface area (Å²) < 4.78 is 0.180. The van der Waals surface area contributed by atoms with Gasteiger partial charge in [0, 0.05) is 6.20 Å². The molecule has 1 fully saturated rings. The van der Waals surface area contributed by atoms with Gasteiger partial charge in [0.05, 0.1) is 22.0 Å². The van der Waals surface area contributed by atoms with Gasteiger partial charge in [0.2, 0.25) is 0 Å². The number of H-pyrrole nitrogens is 1. The summed E-state index contributed by atoms with van der Waals surface area (Å²) in [6.45, 7) is 2.27. The summed E-state index contributed by atoms with van der Waals surface area (Å²) in [5, 5.41) is 0. The van der Waals surface area contributed by atoms with Crippen LogP contribution in [-0.2, 0) is 4.75 Å². The number of pyridine rings is 1. The maximum Gasteiger partial charge on any atom is 0.123 e. The molecule has 2 aromatic heterocycles. The molecule has 78 valence electrons. The van der Waals surface area contributed by atoms with E-state index >= 15 is 0 Å². The molecule has 0 bridgehead atoms. The van der Waals surface area contributed by atoms with Crippen LogP contribution < -0.4 is 0 Å². The van der Waals surface area contributed by atoms with Crippen molar-refractivity contribution in [2.75, 3.05) is 5.75 Å². The molecule has 0 saturated carbocycles. The summed E-state index contributed by atoms with van der Waals surface area (Å²) in [6, 6.07) is 1.96. The first-order valence-corrected chi connectivity index (χ1v) is 6.21. The summed E-state index contributed by atoms with van der Waals surface area (Å²) in [4.78, 5) is 12.1. The molecule has 1 aliphatic heterocycles. The quantitative estimate of drug-likeness (QED) is 0.801. The van der Waals surface area contributed by atoms with Gasteiger partial charge in [0.25, 0.3) is 0 Å². The second kappa shape index (κ2) is 3.23. The first-order chi connectivity index (χ1) is 7.28. The molecule has 1 atom stereocenters. The maximum absolute atomic E-state index is 4.65. The number of thioether (sulfide) groups is 1. The lowest BCUT2D eigenvalue weighted by molar-refractivity contribution is 0.614. The summed E-state index contributed by atoms with van der Waals surface area (Å²) in [5.74, 6) is 2.35. The van der Waals surface area contributed by atoms with Crippen molar-refractivity contribution in [1.82, 2.24) is 15.0 Å². The third-order valence-electron chi connectivity index (χ3n) is 3.00. The molecule has 0 aliphatic carbocycles. The Morgan fingerprint density at radius 1 is 1.53 bits per heavy atom. The van der Waals surface area contributed by atoms with Gasteiger partial charge < -0.3 is 4.98 Å². The van der Waals surface area contributed by atoms with E-state index in [0.717, 1.165) is 16.9 Å². The van der Waals surface area contributed by atoms with Crippen LogP contribution in [0.15, 0.2) is 18.5 Å². The van der Waals surface area contributed by atoms with E-state index in [2.05, 4.69) is 21.9 Å². The zero-order chi connectivity index (χ0) is 10.3. The molecular formula is C11H13N3S. The molecule has 1 unspecified atom stereocenters. The monoisotopic (exact) mass is 219 g/mol. The van der Waals surface area contributed by atoms with E-state index in [1.54, 1.807) is 6.20 Å². The highest BCUT2D eigenvalue weighted by Gasteiger charge is 2.34. The summed E-state index contributed by atoms with van der Waals surface area (Å²) in [5.41, 5.74) is 2.06. The summed E-state index contributed by atoms with van der Waals surface area (Å²) in [6.07, 6.45) is 6.13. The Kier molecular flexibility index (Phi) is 1.99. The lowest BCUT2D eigenvalue weighted by Crippen LogP contribution is -2.14. The van der Waals surface area contributed by atoms with Crippen LogP contribution in [0.1, 0.15) is 25.6 Å². The Balaban J connectivity index is 2.11. The van der Waals surface area contributed by atoms with E-state index in [9.17, 15) is 0 Å². The number of hydrogen-bond donors (Lipinski definition) is 1. The highest BCUT2D eigenvalue weighted by molar-refractivity contribution is 8.00. The molecular weight excluding hydrogens is 206 g/mol. The standard InChI is InChI=1S/C11H13N3S/c1-11(4-2-6-15-11)10-13-8-3-5-12-7-9(8)14-10/h3,5,7H,2,4,6H2,1H3,(H,13,14). The predicted molar refractivity (Wildman–Crippen MR) is 62.9 cm³/mol. The Labute approximate surface area is 92.7 Å². The van der Waals surface area contributed by atoms with Gasteiger partial charge in [-0.1, -0.05) is 0 Å². The van der Waals surface area contributed by atoms with E-state index in [4.69, 9.17) is 0 Å². The Bertz CT molecular complexity index is 452. The molecule has 0 spiro atoms. The van der Waals surface area contributed by atoms with E-state index in [1.807, 2.05) is 24.0 Å². The number of aromatic nitrogens is 3. The van der Waals surface area contributed by atoms with Crippen molar-refractivity contribution in [1.29, 1.82) is 0 Å². The van der Waals surface area contributed by atoms with Gasteiger partial charge >= 0.3 is 0 Å². The average molecular weight is 219 g/mol. The normalized spacial score (nSPS) is 26.2. The van der Waals surface area contributed by atoms with Crippen molar-refractivity contribution in [2.45, 2.75) is 24.5 Å². The number of fused-ring (bicyclic) bond motifs is 1. The van der Waals surface area contributed by atoms with Gasteiger partial charge in [-0.2, -0.15) is 0 Å². The van der Waals surface area contributed by atoms with Crippen LogP contribution in [0.2, 0.25) is 0 Å². The summed E-state index contributed by atoms with van der Waals surface area (Å²) >= 11 is 2.00. The van der Waals surface area contributed by atoms with Gasteiger partial charge in [0.15, 0.2) is 0 Å². The van der Waals surface area contributed by atoms with Gasteiger partial charge in [-0.25, -0.2) is 4.98 Å². The molecule has 1 N–H and O–H groups in total. The maximum atomic E-state index is 4.65. The lowest BCUT2D eigenvalue weighted by Gasteiger charge is -2.18. The first kappa shape index (κ1) is 9.21. The van der Waals surface area contributed by atoms with E-state index < -0.39 is 0 Å². The van der Waals surface area contributed by atoms with Crippen molar-refractivity contribution in [3.05, 3.63) is 24.3 Å². The van der Waals surface area contributed by atoms with E-state index in [0.29, 0.717) is 0 Å². The number of hydrogen-bond acceptors (Lipinski definition) is 3. The van der Waals surface area contributed by atoms with Gasteiger partial charge in [0.1, 0.15) is 5.82 Å². The van der Waals surface area contributed by atoms with Gasteiger partial charge in [-0.3, -0.25) is 4.98 Å². The average Bonchev–Trinajstić information content (AvgIpc) is 2.84. The van der Waals surface area contributed by atoms with Crippen molar-refractivity contribution in [3.8, 4) is 0 Å². The molecule has 2 aromatic rings. The molecule has 0 aromatic carbocycles. The number of imidazole rings is 1. The molecule has 1 aliphatic rings. The lowest BCUT2D eigenvalue weighted by atomic mass is 10.1. The minimum absolute atomic E-state index is 0.180.